The Morgan fingerprint density at radius 2 is 1.83 bits per heavy atom. The highest BCUT2D eigenvalue weighted by atomic mass is 16.7. The molecule has 8 nitrogen and oxygen atoms in total. The van der Waals surface area contributed by atoms with Gasteiger partial charge in [0.2, 0.25) is 0 Å². The molecule has 5 atom stereocenters. The zero-order valence-electron chi connectivity index (χ0n) is 13.3. The number of hydrogen-bond donors (Lipinski definition) is 2. The lowest BCUT2D eigenvalue weighted by Gasteiger charge is -2.42. The molecule has 0 radical (unpaired) electrons. The predicted molar refractivity (Wildman–Crippen MR) is 80.0 cm³/mol. The van der Waals surface area contributed by atoms with Crippen molar-refractivity contribution in [1.29, 1.82) is 0 Å². The summed E-state index contributed by atoms with van der Waals surface area (Å²) in [5.41, 5.74) is 0.277. The van der Waals surface area contributed by atoms with Crippen molar-refractivity contribution in [2.75, 3.05) is 13.7 Å². The number of carbonyl (C=O) groups is 2. The van der Waals surface area contributed by atoms with Gasteiger partial charge in [-0.25, -0.2) is 4.79 Å². The van der Waals surface area contributed by atoms with Crippen molar-refractivity contribution in [2.45, 2.75) is 37.6 Å². The summed E-state index contributed by atoms with van der Waals surface area (Å²) < 4.78 is 20.8. The summed E-state index contributed by atoms with van der Waals surface area (Å²) in [4.78, 5) is 23.6. The summed E-state index contributed by atoms with van der Waals surface area (Å²) in [6.07, 6.45) is -5.94. The third kappa shape index (κ3) is 4.09. The van der Waals surface area contributed by atoms with Gasteiger partial charge in [-0.3, -0.25) is 4.79 Å². The largest absolute Gasteiger partial charge is 0.455 e. The summed E-state index contributed by atoms with van der Waals surface area (Å²) in [6.45, 7) is 0.644. The lowest BCUT2D eigenvalue weighted by Crippen LogP contribution is -2.61. The molecule has 0 unspecified atom stereocenters. The molecular weight excluding hydrogens is 320 g/mol. The summed E-state index contributed by atoms with van der Waals surface area (Å²) in [6, 6.07) is 8.17. The maximum absolute atomic E-state index is 12.3. The highest BCUT2D eigenvalue weighted by Crippen LogP contribution is 2.27. The van der Waals surface area contributed by atoms with Gasteiger partial charge in [-0.2, -0.15) is 0 Å². The zero-order valence-corrected chi connectivity index (χ0v) is 13.3. The Morgan fingerprint density at radius 3 is 2.38 bits per heavy atom. The van der Waals surface area contributed by atoms with Crippen molar-refractivity contribution in [3.63, 3.8) is 0 Å². The molecule has 1 saturated heterocycles. The summed E-state index contributed by atoms with van der Waals surface area (Å²) in [5.74, 6) is -1.36. The molecule has 1 aromatic rings. The Labute approximate surface area is 138 Å². The molecule has 1 aromatic carbocycles. The Bertz CT molecular complexity index is 560. The van der Waals surface area contributed by atoms with E-state index in [0.29, 0.717) is 0 Å². The Hall–Kier alpha value is -2.00. The van der Waals surface area contributed by atoms with E-state index in [1.807, 2.05) is 0 Å². The zero-order chi connectivity index (χ0) is 17.7. The molecule has 1 aliphatic rings. The van der Waals surface area contributed by atoms with E-state index in [-0.39, 0.29) is 5.56 Å². The second kappa shape index (κ2) is 8.20. The maximum Gasteiger partial charge on any atom is 0.338 e. The lowest BCUT2D eigenvalue weighted by atomic mass is 9.98. The smallest absolute Gasteiger partial charge is 0.338 e. The molecule has 0 aliphatic carbocycles. The first-order valence-corrected chi connectivity index (χ1v) is 7.38. The van der Waals surface area contributed by atoms with Crippen molar-refractivity contribution in [2.24, 2.45) is 0 Å². The lowest BCUT2D eigenvalue weighted by molar-refractivity contribution is -0.296. The Balaban J connectivity index is 2.24. The minimum absolute atomic E-state index is 0.277. The van der Waals surface area contributed by atoms with Crippen LogP contribution in [-0.4, -0.2) is 66.6 Å². The van der Waals surface area contributed by atoms with Gasteiger partial charge >= 0.3 is 11.9 Å². The fourth-order valence-corrected chi connectivity index (χ4v) is 2.47. The average Bonchev–Trinajstić information content (AvgIpc) is 2.58. The second-order valence-electron chi connectivity index (χ2n) is 5.26. The summed E-state index contributed by atoms with van der Waals surface area (Å²) in [5, 5.41) is 19.7. The van der Waals surface area contributed by atoms with Gasteiger partial charge in [0.05, 0.1) is 12.2 Å². The summed E-state index contributed by atoms with van der Waals surface area (Å²) in [7, 11) is 1.30. The van der Waals surface area contributed by atoms with Crippen LogP contribution in [0.15, 0.2) is 30.3 Å². The van der Waals surface area contributed by atoms with E-state index in [1.54, 1.807) is 30.3 Å². The molecule has 2 rings (SSSR count). The van der Waals surface area contributed by atoms with Gasteiger partial charge in [-0.15, -0.1) is 0 Å². The van der Waals surface area contributed by atoms with Gasteiger partial charge in [0, 0.05) is 14.0 Å². The molecule has 8 heteroatoms. The van der Waals surface area contributed by atoms with Crippen LogP contribution in [-0.2, 0) is 23.7 Å². The van der Waals surface area contributed by atoms with E-state index in [9.17, 15) is 19.8 Å². The first kappa shape index (κ1) is 18.3. The molecule has 2 N–H and O–H groups in total. The topological polar surface area (TPSA) is 112 Å². The number of rotatable bonds is 5. The van der Waals surface area contributed by atoms with E-state index in [4.69, 9.17) is 18.9 Å². The monoisotopic (exact) mass is 340 g/mol. The molecular formula is C16H20O8. The van der Waals surface area contributed by atoms with Crippen molar-refractivity contribution in [1.82, 2.24) is 0 Å². The van der Waals surface area contributed by atoms with E-state index < -0.39 is 49.3 Å². The van der Waals surface area contributed by atoms with E-state index in [0.717, 1.165) is 6.92 Å². The normalized spacial score (nSPS) is 29.8. The van der Waals surface area contributed by atoms with Gasteiger partial charge in [0.15, 0.2) is 18.5 Å². The molecule has 0 aromatic heterocycles. The number of esters is 2. The van der Waals surface area contributed by atoms with Crippen molar-refractivity contribution in [3.05, 3.63) is 35.9 Å². The van der Waals surface area contributed by atoms with Crippen LogP contribution in [0.1, 0.15) is 17.3 Å². The number of benzene rings is 1. The first-order valence-electron chi connectivity index (χ1n) is 7.38. The van der Waals surface area contributed by atoms with Crippen LogP contribution in [0.5, 0.6) is 0 Å². The number of hydrogen-bond acceptors (Lipinski definition) is 8. The molecule has 1 heterocycles. The van der Waals surface area contributed by atoms with Gasteiger partial charge in [0.1, 0.15) is 12.2 Å². The molecule has 132 valence electrons. The van der Waals surface area contributed by atoms with Crippen LogP contribution >= 0.6 is 0 Å². The number of methoxy groups -OCH3 is 1. The van der Waals surface area contributed by atoms with Crippen LogP contribution in [0.4, 0.5) is 0 Å². The summed E-state index contributed by atoms with van der Waals surface area (Å²) >= 11 is 0. The minimum Gasteiger partial charge on any atom is -0.455 e. The Morgan fingerprint density at radius 1 is 1.17 bits per heavy atom. The van der Waals surface area contributed by atoms with Crippen molar-refractivity contribution < 1.29 is 38.7 Å². The number of aliphatic hydroxyl groups is 2. The van der Waals surface area contributed by atoms with Gasteiger partial charge in [-0.1, -0.05) is 18.2 Å². The van der Waals surface area contributed by atoms with Crippen LogP contribution in [0.25, 0.3) is 0 Å². The molecule has 24 heavy (non-hydrogen) atoms. The molecule has 0 amide bonds. The molecule has 1 fully saturated rings. The van der Waals surface area contributed by atoms with E-state index in [2.05, 4.69) is 0 Å². The second-order valence-corrected chi connectivity index (χ2v) is 5.26. The third-order valence-electron chi connectivity index (χ3n) is 3.58. The van der Waals surface area contributed by atoms with Crippen LogP contribution in [0.3, 0.4) is 0 Å². The van der Waals surface area contributed by atoms with Crippen molar-refractivity contribution >= 4 is 11.9 Å². The number of aliphatic hydroxyl groups excluding tert-OH is 2. The molecule has 0 saturated carbocycles. The molecule has 0 bridgehead atoms. The van der Waals surface area contributed by atoms with Gasteiger partial charge in [0.25, 0.3) is 0 Å². The number of carbonyl (C=O) groups excluding carboxylic acids is 2. The maximum atomic E-state index is 12.3. The van der Waals surface area contributed by atoms with Gasteiger partial charge in [-0.05, 0) is 12.1 Å². The highest BCUT2D eigenvalue weighted by molar-refractivity contribution is 5.89. The first-order chi connectivity index (χ1) is 11.5. The van der Waals surface area contributed by atoms with Gasteiger partial charge < -0.3 is 29.2 Å². The standard InChI is InChI=1S/C16H20O8/c1-9(18)22-14-12(19)16(21-2)23-11(8-17)13(14)24-15(20)10-6-4-3-5-7-10/h3-7,11-14,16-17,19H,8H2,1-2H3/t11-,12-,13-,14-,16+/m1/s1. The highest BCUT2D eigenvalue weighted by Gasteiger charge is 2.49. The minimum atomic E-state index is -1.38. The van der Waals surface area contributed by atoms with E-state index in [1.165, 1.54) is 7.11 Å². The van der Waals surface area contributed by atoms with Crippen LogP contribution in [0, 0.1) is 0 Å². The third-order valence-corrected chi connectivity index (χ3v) is 3.58. The molecule has 0 spiro atoms. The predicted octanol–water partition coefficient (Wildman–Crippen LogP) is -0.132. The SMILES string of the molecule is CO[C@H]1O[C@H](CO)[C@@H](OC(=O)c2ccccc2)[C@H](OC(C)=O)[C@H]1O. The van der Waals surface area contributed by atoms with E-state index >= 15 is 0 Å². The van der Waals surface area contributed by atoms with Crippen molar-refractivity contribution in [3.8, 4) is 0 Å². The Kier molecular flexibility index (Phi) is 6.27. The fraction of sp³-hybridized carbons (Fsp3) is 0.500. The average molecular weight is 340 g/mol. The quantitative estimate of drug-likeness (QED) is 0.713. The fourth-order valence-electron chi connectivity index (χ4n) is 2.47. The molecule has 1 aliphatic heterocycles. The van der Waals surface area contributed by atoms with Crippen LogP contribution < -0.4 is 0 Å². The van der Waals surface area contributed by atoms with Crippen LogP contribution in [0.2, 0.25) is 0 Å². The number of ether oxygens (including phenoxy) is 4.